The number of nitrogens with zero attached hydrogens (tertiary/aromatic N) is 2. The smallest absolute Gasteiger partial charge is 0.347 e. The van der Waals surface area contributed by atoms with E-state index in [4.69, 9.17) is 16.3 Å². The molecule has 6 nitrogen and oxygen atoms in total. The second kappa shape index (κ2) is 7.78. The SMILES string of the molecule is CC(C)COc1ccc(NC(=O)Cn2cccnc2=O)cc1Cl. The molecule has 1 N–H and O–H groups in total. The van der Waals surface area contributed by atoms with Crippen molar-refractivity contribution in [1.82, 2.24) is 9.55 Å². The molecule has 0 atom stereocenters. The molecule has 122 valence electrons. The Bertz CT molecular complexity index is 743. The van der Waals surface area contributed by atoms with Crippen molar-refractivity contribution in [3.63, 3.8) is 0 Å². The van der Waals surface area contributed by atoms with Gasteiger partial charge in [-0.1, -0.05) is 25.4 Å². The van der Waals surface area contributed by atoms with Crippen molar-refractivity contribution >= 4 is 23.2 Å². The number of benzene rings is 1. The summed E-state index contributed by atoms with van der Waals surface area (Å²) < 4.78 is 6.79. The predicted molar refractivity (Wildman–Crippen MR) is 88.9 cm³/mol. The third-order valence-corrected chi connectivity index (χ3v) is 3.18. The number of hydrogen-bond donors (Lipinski definition) is 1. The Kier molecular flexibility index (Phi) is 5.76. The highest BCUT2D eigenvalue weighted by Gasteiger charge is 2.08. The Morgan fingerprint density at radius 1 is 1.43 bits per heavy atom. The van der Waals surface area contributed by atoms with Gasteiger partial charge in [-0.3, -0.25) is 9.36 Å². The number of hydrogen-bond acceptors (Lipinski definition) is 4. The van der Waals surface area contributed by atoms with E-state index in [2.05, 4.69) is 10.3 Å². The molecule has 2 rings (SSSR count). The number of ether oxygens (including phenoxy) is 1. The van der Waals surface area contributed by atoms with E-state index in [0.717, 1.165) is 0 Å². The maximum Gasteiger partial charge on any atom is 0.347 e. The van der Waals surface area contributed by atoms with Crippen LogP contribution in [0.2, 0.25) is 5.02 Å². The van der Waals surface area contributed by atoms with Crippen LogP contribution < -0.4 is 15.7 Å². The highest BCUT2D eigenvalue weighted by molar-refractivity contribution is 6.32. The minimum absolute atomic E-state index is 0.115. The Labute approximate surface area is 139 Å². The number of carbonyl (C=O) groups excluding carboxylic acids is 1. The second-order valence-electron chi connectivity index (χ2n) is 5.43. The van der Waals surface area contributed by atoms with E-state index in [1.165, 1.54) is 17.0 Å². The van der Waals surface area contributed by atoms with Crippen LogP contribution in [0.4, 0.5) is 5.69 Å². The standard InChI is InChI=1S/C16H18ClN3O3/c1-11(2)10-23-14-5-4-12(8-13(14)17)19-15(21)9-20-7-3-6-18-16(20)22/h3-8,11H,9-10H2,1-2H3,(H,19,21). The first-order valence-corrected chi connectivity index (χ1v) is 7.57. The highest BCUT2D eigenvalue weighted by atomic mass is 35.5. The molecule has 1 aromatic heterocycles. The van der Waals surface area contributed by atoms with E-state index in [9.17, 15) is 9.59 Å². The van der Waals surface area contributed by atoms with Crippen molar-refractivity contribution < 1.29 is 9.53 Å². The van der Waals surface area contributed by atoms with Gasteiger partial charge >= 0.3 is 5.69 Å². The molecule has 0 saturated carbocycles. The van der Waals surface area contributed by atoms with Crippen LogP contribution in [0.5, 0.6) is 5.75 Å². The lowest BCUT2D eigenvalue weighted by atomic mass is 10.2. The van der Waals surface area contributed by atoms with E-state index in [0.29, 0.717) is 29.0 Å². The van der Waals surface area contributed by atoms with Crippen molar-refractivity contribution in [3.05, 3.63) is 52.2 Å². The zero-order chi connectivity index (χ0) is 16.8. The number of rotatable bonds is 6. The van der Waals surface area contributed by atoms with Crippen LogP contribution in [0, 0.1) is 5.92 Å². The fourth-order valence-electron chi connectivity index (χ4n) is 1.81. The number of carbonyl (C=O) groups is 1. The average Bonchev–Trinajstić information content (AvgIpc) is 2.48. The average molecular weight is 336 g/mol. The van der Waals surface area contributed by atoms with Gasteiger partial charge in [0.25, 0.3) is 0 Å². The molecule has 0 aliphatic rings. The van der Waals surface area contributed by atoms with Crippen molar-refractivity contribution in [3.8, 4) is 5.75 Å². The maximum atomic E-state index is 12.0. The molecule has 0 aliphatic heterocycles. The minimum Gasteiger partial charge on any atom is -0.492 e. The summed E-state index contributed by atoms with van der Waals surface area (Å²) in [7, 11) is 0. The summed E-state index contributed by atoms with van der Waals surface area (Å²) in [5.74, 6) is 0.622. The van der Waals surface area contributed by atoms with Crippen LogP contribution in [-0.4, -0.2) is 22.1 Å². The number of amides is 1. The molecule has 1 amide bonds. The zero-order valence-corrected chi connectivity index (χ0v) is 13.7. The monoisotopic (exact) mass is 335 g/mol. The van der Waals surface area contributed by atoms with Crippen molar-refractivity contribution in [2.75, 3.05) is 11.9 Å². The lowest BCUT2D eigenvalue weighted by Crippen LogP contribution is -2.28. The van der Waals surface area contributed by atoms with Crippen molar-refractivity contribution in [2.24, 2.45) is 5.92 Å². The number of aromatic nitrogens is 2. The van der Waals surface area contributed by atoms with Gasteiger partial charge in [-0.05, 0) is 30.2 Å². The van der Waals surface area contributed by atoms with E-state index in [-0.39, 0.29) is 12.5 Å². The quantitative estimate of drug-likeness (QED) is 0.880. The third kappa shape index (κ3) is 5.10. The first-order valence-electron chi connectivity index (χ1n) is 7.19. The van der Waals surface area contributed by atoms with E-state index < -0.39 is 5.69 Å². The zero-order valence-electron chi connectivity index (χ0n) is 13.0. The molecule has 0 fully saturated rings. The first kappa shape index (κ1) is 17.0. The lowest BCUT2D eigenvalue weighted by Gasteiger charge is -2.12. The van der Waals surface area contributed by atoms with Crippen LogP contribution in [0.1, 0.15) is 13.8 Å². The molecule has 1 heterocycles. The van der Waals surface area contributed by atoms with Gasteiger partial charge in [-0.25, -0.2) is 9.78 Å². The molecule has 2 aromatic rings. The molecule has 0 spiro atoms. The Morgan fingerprint density at radius 3 is 2.87 bits per heavy atom. The molecule has 23 heavy (non-hydrogen) atoms. The Hall–Kier alpha value is -2.34. The van der Waals surface area contributed by atoms with Crippen LogP contribution in [0.15, 0.2) is 41.5 Å². The summed E-state index contributed by atoms with van der Waals surface area (Å²) in [6, 6.07) is 6.61. The fourth-order valence-corrected chi connectivity index (χ4v) is 2.05. The van der Waals surface area contributed by atoms with Crippen LogP contribution in [0.25, 0.3) is 0 Å². The van der Waals surface area contributed by atoms with Gasteiger partial charge < -0.3 is 10.1 Å². The van der Waals surface area contributed by atoms with Crippen LogP contribution in [0.3, 0.4) is 0 Å². The van der Waals surface area contributed by atoms with Gasteiger partial charge in [0.1, 0.15) is 12.3 Å². The highest BCUT2D eigenvalue weighted by Crippen LogP contribution is 2.28. The Balaban J connectivity index is 2.00. The summed E-state index contributed by atoms with van der Waals surface area (Å²) in [6.07, 6.45) is 2.89. The summed E-state index contributed by atoms with van der Waals surface area (Å²) >= 11 is 6.14. The number of nitrogens with one attached hydrogen (secondary N) is 1. The number of halogens is 1. The molecular weight excluding hydrogens is 318 g/mol. The normalized spacial score (nSPS) is 10.6. The molecule has 1 aromatic carbocycles. The minimum atomic E-state index is -0.474. The van der Waals surface area contributed by atoms with Crippen molar-refractivity contribution in [2.45, 2.75) is 20.4 Å². The lowest BCUT2D eigenvalue weighted by molar-refractivity contribution is -0.116. The van der Waals surface area contributed by atoms with Gasteiger partial charge in [0.05, 0.1) is 11.6 Å². The van der Waals surface area contributed by atoms with E-state index >= 15 is 0 Å². The summed E-state index contributed by atoms with van der Waals surface area (Å²) in [6.45, 7) is 4.54. The Morgan fingerprint density at radius 2 is 2.22 bits per heavy atom. The topological polar surface area (TPSA) is 73.2 Å². The van der Waals surface area contributed by atoms with Crippen molar-refractivity contribution in [1.29, 1.82) is 0 Å². The van der Waals surface area contributed by atoms with Gasteiger partial charge in [0.2, 0.25) is 5.91 Å². The van der Waals surface area contributed by atoms with Crippen LogP contribution in [-0.2, 0) is 11.3 Å². The molecule has 0 bridgehead atoms. The second-order valence-corrected chi connectivity index (χ2v) is 5.84. The summed E-state index contributed by atoms with van der Waals surface area (Å²) in [5, 5.41) is 3.10. The van der Waals surface area contributed by atoms with Gasteiger partial charge in [0.15, 0.2) is 0 Å². The van der Waals surface area contributed by atoms with Gasteiger partial charge in [-0.15, -0.1) is 0 Å². The molecule has 7 heteroatoms. The van der Waals surface area contributed by atoms with E-state index in [1.54, 1.807) is 24.3 Å². The third-order valence-electron chi connectivity index (χ3n) is 2.88. The fraction of sp³-hybridized carbons (Fsp3) is 0.312. The van der Waals surface area contributed by atoms with Crippen LogP contribution >= 0.6 is 11.6 Å². The van der Waals surface area contributed by atoms with Gasteiger partial charge in [-0.2, -0.15) is 0 Å². The largest absolute Gasteiger partial charge is 0.492 e. The maximum absolute atomic E-state index is 12.0. The molecule has 0 saturated heterocycles. The first-order chi connectivity index (χ1) is 11.0. The number of anilines is 1. The molecule has 0 aliphatic carbocycles. The molecule has 0 unspecified atom stereocenters. The molecular formula is C16H18ClN3O3. The predicted octanol–water partition coefficient (Wildman–Crippen LogP) is 2.57. The van der Waals surface area contributed by atoms with E-state index in [1.807, 2.05) is 13.8 Å². The summed E-state index contributed by atoms with van der Waals surface area (Å²) in [5.41, 5.74) is 0.0620. The summed E-state index contributed by atoms with van der Waals surface area (Å²) in [4.78, 5) is 27.0. The van der Waals surface area contributed by atoms with Gasteiger partial charge in [0, 0.05) is 18.1 Å². The molecule has 0 radical (unpaired) electrons.